The number of para-hydroxylation sites is 1. The van der Waals surface area contributed by atoms with Gasteiger partial charge in [0.2, 0.25) is 5.89 Å². The molecule has 3 aromatic rings. The summed E-state index contributed by atoms with van der Waals surface area (Å²) in [7, 11) is 0. The van der Waals surface area contributed by atoms with Gasteiger partial charge in [0, 0.05) is 31.0 Å². The van der Waals surface area contributed by atoms with E-state index in [2.05, 4.69) is 10.1 Å². The van der Waals surface area contributed by atoms with Gasteiger partial charge in [-0.3, -0.25) is 4.79 Å². The van der Waals surface area contributed by atoms with Gasteiger partial charge >= 0.3 is 0 Å². The highest BCUT2D eigenvalue weighted by Gasteiger charge is 2.29. The van der Waals surface area contributed by atoms with Crippen molar-refractivity contribution < 1.29 is 18.5 Å². The third kappa shape index (κ3) is 3.93. The Labute approximate surface area is 163 Å². The number of carbonyl (C=O) groups is 1. The number of piperidine rings is 1. The number of likely N-dealkylation sites (tertiary alicyclic amines) is 1. The number of carbonyl (C=O) groups excluding carboxylic acids is 1. The topological polar surface area (TPSA) is 81.6 Å². The van der Waals surface area contributed by atoms with Gasteiger partial charge in [0.25, 0.3) is 11.9 Å². The van der Waals surface area contributed by atoms with Crippen LogP contribution >= 0.6 is 0 Å². The largest absolute Gasteiger partial charge is 0.426 e. The molecule has 0 bridgehead atoms. The van der Waals surface area contributed by atoms with Crippen LogP contribution in [0.1, 0.15) is 60.8 Å². The smallest absolute Gasteiger partial charge is 0.290 e. The second-order valence-electron chi connectivity index (χ2n) is 7.25. The lowest BCUT2D eigenvalue weighted by Gasteiger charge is -2.29. The molecule has 0 spiro atoms. The highest BCUT2D eigenvalue weighted by atomic mass is 16.6. The van der Waals surface area contributed by atoms with Gasteiger partial charge in [-0.25, -0.2) is 0 Å². The second kappa shape index (κ2) is 7.88. The van der Waals surface area contributed by atoms with Crippen molar-refractivity contribution in [2.75, 3.05) is 13.1 Å². The van der Waals surface area contributed by atoms with Crippen molar-refractivity contribution in [3.8, 4) is 11.7 Å². The zero-order chi connectivity index (χ0) is 19.5. The molecule has 0 radical (unpaired) electrons. The van der Waals surface area contributed by atoms with Gasteiger partial charge in [0.05, 0.1) is 0 Å². The van der Waals surface area contributed by atoms with Crippen molar-refractivity contribution in [2.45, 2.75) is 38.5 Å². The van der Waals surface area contributed by atoms with Crippen molar-refractivity contribution >= 4 is 5.91 Å². The third-order valence-corrected chi connectivity index (χ3v) is 4.86. The predicted octanol–water partition coefficient (Wildman–Crippen LogP) is 4.60. The molecule has 0 saturated carbocycles. The molecule has 146 valence electrons. The van der Waals surface area contributed by atoms with E-state index in [0.29, 0.717) is 30.7 Å². The van der Waals surface area contributed by atoms with E-state index in [1.54, 1.807) is 17.0 Å². The van der Waals surface area contributed by atoms with Gasteiger partial charge in [-0.1, -0.05) is 37.2 Å². The molecule has 1 aliphatic rings. The van der Waals surface area contributed by atoms with Gasteiger partial charge in [0.15, 0.2) is 11.6 Å². The number of ether oxygens (including phenoxy) is 1. The van der Waals surface area contributed by atoms with E-state index >= 15 is 0 Å². The zero-order valence-electron chi connectivity index (χ0n) is 16.0. The third-order valence-electron chi connectivity index (χ3n) is 4.86. The molecule has 28 heavy (non-hydrogen) atoms. The lowest BCUT2D eigenvalue weighted by molar-refractivity contribution is 0.0667. The summed E-state index contributed by atoms with van der Waals surface area (Å²) in [5, 5.41) is 4.03. The first-order valence-electron chi connectivity index (χ1n) is 9.55. The summed E-state index contributed by atoms with van der Waals surface area (Å²) in [6, 6.07) is 12.6. The summed E-state index contributed by atoms with van der Waals surface area (Å²) in [6.45, 7) is 5.32. The number of rotatable bonds is 5. The molecule has 1 aromatic carbocycles. The van der Waals surface area contributed by atoms with Crippen LogP contribution in [0.15, 0.2) is 51.4 Å². The first-order valence-corrected chi connectivity index (χ1v) is 9.55. The predicted molar refractivity (Wildman–Crippen MR) is 101 cm³/mol. The molecule has 1 aliphatic heterocycles. The van der Waals surface area contributed by atoms with Crippen LogP contribution < -0.4 is 4.74 Å². The Morgan fingerprint density at radius 3 is 2.57 bits per heavy atom. The van der Waals surface area contributed by atoms with Crippen LogP contribution in [0.5, 0.6) is 11.7 Å². The van der Waals surface area contributed by atoms with Crippen molar-refractivity contribution in [2.24, 2.45) is 0 Å². The quantitative estimate of drug-likeness (QED) is 0.642. The fourth-order valence-electron chi connectivity index (χ4n) is 3.23. The fraction of sp³-hybridized carbons (Fsp3) is 0.381. The molecule has 0 aliphatic carbocycles. The molecule has 3 heterocycles. The first-order chi connectivity index (χ1) is 13.6. The fourth-order valence-corrected chi connectivity index (χ4v) is 3.23. The van der Waals surface area contributed by atoms with E-state index in [1.165, 1.54) is 0 Å². The molecule has 1 fully saturated rings. The molecule has 0 N–H and O–H groups in total. The Kier molecular flexibility index (Phi) is 5.14. The van der Waals surface area contributed by atoms with Crippen LogP contribution in [0.3, 0.4) is 0 Å². The number of aromatic nitrogens is 2. The Bertz CT molecular complexity index is 924. The van der Waals surface area contributed by atoms with Crippen LogP contribution in [0.4, 0.5) is 0 Å². The van der Waals surface area contributed by atoms with Gasteiger partial charge in [0.1, 0.15) is 5.75 Å². The van der Waals surface area contributed by atoms with Crippen LogP contribution in [-0.2, 0) is 0 Å². The molecule has 4 rings (SSSR count). The lowest BCUT2D eigenvalue weighted by Crippen LogP contribution is -2.37. The van der Waals surface area contributed by atoms with E-state index < -0.39 is 0 Å². The second-order valence-corrected chi connectivity index (χ2v) is 7.25. The molecule has 1 amide bonds. The summed E-state index contributed by atoms with van der Waals surface area (Å²) in [4.78, 5) is 19.0. The highest BCUT2D eigenvalue weighted by molar-refractivity contribution is 5.91. The number of hydrogen-bond acceptors (Lipinski definition) is 6. The number of nitrogens with zero attached hydrogens (tertiary/aromatic N) is 3. The number of amides is 1. The Morgan fingerprint density at radius 2 is 1.89 bits per heavy atom. The summed E-state index contributed by atoms with van der Waals surface area (Å²) < 4.78 is 16.6. The minimum atomic E-state index is -0.130. The van der Waals surface area contributed by atoms with Crippen LogP contribution in [0.2, 0.25) is 0 Å². The van der Waals surface area contributed by atoms with Gasteiger partial charge in [-0.15, -0.1) is 0 Å². The number of hydrogen-bond donors (Lipinski definition) is 0. The average molecular weight is 381 g/mol. The van der Waals surface area contributed by atoms with E-state index in [0.717, 1.165) is 18.7 Å². The maximum atomic E-state index is 12.7. The maximum Gasteiger partial charge on any atom is 0.290 e. The Hall–Kier alpha value is -3.09. The average Bonchev–Trinajstić information content (AvgIpc) is 3.38. The zero-order valence-corrected chi connectivity index (χ0v) is 16.0. The molecule has 0 unspecified atom stereocenters. The van der Waals surface area contributed by atoms with Crippen LogP contribution in [0.25, 0.3) is 0 Å². The summed E-state index contributed by atoms with van der Waals surface area (Å²) in [5.74, 6) is 2.96. The molecule has 7 nitrogen and oxygen atoms in total. The standard InChI is InChI=1S/C21H23N3O4/c1-14(2)19-22-20(28-23-19)15-10-12-24(13-11-15)21(25)17-8-9-18(27-17)26-16-6-4-3-5-7-16/h3-9,14-15H,10-13H2,1-2H3. The summed E-state index contributed by atoms with van der Waals surface area (Å²) in [5.41, 5.74) is 0. The molecule has 7 heteroatoms. The van der Waals surface area contributed by atoms with Gasteiger partial charge < -0.3 is 18.6 Å². The summed E-state index contributed by atoms with van der Waals surface area (Å²) >= 11 is 0. The molecular weight excluding hydrogens is 358 g/mol. The monoisotopic (exact) mass is 381 g/mol. The Morgan fingerprint density at radius 1 is 1.14 bits per heavy atom. The molecule has 0 atom stereocenters. The van der Waals surface area contributed by atoms with Gasteiger partial charge in [-0.05, 0) is 31.0 Å². The highest BCUT2D eigenvalue weighted by Crippen LogP contribution is 2.29. The van der Waals surface area contributed by atoms with Crippen molar-refractivity contribution in [3.05, 3.63) is 59.9 Å². The van der Waals surface area contributed by atoms with E-state index in [1.807, 2.05) is 44.2 Å². The summed E-state index contributed by atoms with van der Waals surface area (Å²) in [6.07, 6.45) is 1.58. The lowest BCUT2D eigenvalue weighted by atomic mass is 9.96. The van der Waals surface area contributed by atoms with Crippen molar-refractivity contribution in [1.82, 2.24) is 15.0 Å². The molecule has 1 saturated heterocycles. The van der Waals surface area contributed by atoms with E-state index in [4.69, 9.17) is 13.7 Å². The van der Waals surface area contributed by atoms with Crippen molar-refractivity contribution in [3.63, 3.8) is 0 Å². The number of benzene rings is 1. The Balaban J connectivity index is 1.35. The first kappa shape index (κ1) is 18.3. The van der Waals surface area contributed by atoms with E-state index in [-0.39, 0.29) is 23.5 Å². The normalized spacial score (nSPS) is 15.2. The molecule has 2 aromatic heterocycles. The molecular formula is C21H23N3O4. The minimum Gasteiger partial charge on any atom is -0.426 e. The van der Waals surface area contributed by atoms with Crippen molar-refractivity contribution in [1.29, 1.82) is 0 Å². The minimum absolute atomic E-state index is 0.130. The van der Waals surface area contributed by atoms with Crippen LogP contribution in [-0.4, -0.2) is 34.0 Å². The van der Waals surface area contributed by atoms with Gasteiger partial charge in [-0.2, -0.15) is 4.98 Å². The van der Waals surface area contributed by atoms with E-state index in [9.17, 15) is 4.79 Å². The SMILES string of the molecule is CC(C)c1noc(C2CCN(C(=O)c3ccc(Oc4ccccc4)o3)CC2)n1. The number of furan rings is 1. The maximum absolute atomic E-state index is 12.7. The van der Waals surface area contributed by atoms with Crippen LogP contribution in [0, 0.1) is 0 Å².